The molecule has 1 aromatic carbocycles. The van der Waals surface area contributed by atoms with Gasteiger partial charge in [-0.2, -0.15) is 5.26 Å². The third-order valence-corrected chi connectivity index (χ3v) is 2.28. The summed E-state index contributed by atoms with van der Waals surface area (Å²) < 4.78 is 5.15. The molecule has 74 valence electrons. The minimum atomic E-state index is 0.506. The average Bonchev–Trinajstić information content (AvgIpc) is 2.26. The molecule has 0 aliphatic heterocycles. The number of hydrogen-bond donors (Lipinski definition) is 0. The van der Waals surface area contributed by atoms with Crippen LogP contribution in [0.25, 0.3) is 10.9 Å². The van der Waals surface area contributed by atoms with Gasteiger partial charge in [-0.25, -0.2) is 0 Å². The first-order chi connectivity index (χ1) is 7.24. The van der Waals surface area contributed by atoms with E-state index in [4.69, 9.17) is 21.6 Å². The van der Waals surface area contributed by atoms with Crippen LogP contribution < -0.4 is 4.74 Å². The van der Waals surface area contributed by atoms with Gasteiger partial charge in [-0.05, 0) is 12.1 Å². The summed E-state index contributed by atoms with van der Waals surface area (Å²) in [4.78, 5) is 4.16. The molecular formula is C11H7ClN2O. The largest absolute Gasteiger partial charge is 0.494 e. The van der Waals surface area contributed by atoms with Crippen molar-refractivity contribution < 1.29 is 4.74 Å². The lowest BCUT2D eigenvalue weighted by Gasteiger charge is -2.05. The maximum Gasteiger partial charge on any atom is 0.146 e. The van der Waals surface area contributed by atoms with Crippen LogP contribution in [0.5, 0.6) is 5.75 Å². The van der Waals surface area contributed by atoms with Crippen LogP contribution in [0.2, 0.25) is 5.02 Å². The molecule has 3 nitrogen and oxygen atoms in total. The predicted molar refractivity (Wildman–Crippen MR) is 58.0 cm³/mol. The van der Waals surface area contributed by atoms with Gasteiger partial charge in [0.05, 0.1) is 12.7 Å². The van der Waals surface area contributed by atoms with Gasteiger partial charge in [-0.15, -0.1) is 0 Å². The minimum absolute atomic E-state index is 0.506. The first-order valence-corrected chi connectivity index (χ1v) is 4.66. The molecule has 0 saturated heterocycles. The molecule has 0 amide bonds. The summed E-state index contributed by atoms with van der Waals surface area (Å²) in [5, 5.41) is 10.1. The van der Waals surface area contributed by atoms with E-state index in [0.717, 1.165) is 5.39 Å². The highest BCUT2D eigenvalue weighted by Crippen LogP contribution is 2.28. The zero-order valence-corrected chi connectivity index (χ0v) is 8.75. The van der Waals surface area contributed by atoms with E-state index >= 15 is 0 Å². The third-order valence-electron chi connectivity index (χ3n) is 2.06. The van der Waals surface area contributed by atoms with E-state index in [1.165, 1.54) is 6.20 Å². The Hall–Kier alpha value is -1.79. The van der Waals surface area contributed by atoms with Crippen molar-refractivity contribution in [2.45, 2.75) is 0 Å². The molecule has 0 saturated carbocycles. The highest BCUT2D eigenvalue weighted by molar-refractivity contribution is 6.31. The summed E-state index contributed by atoms with van der Waals surface area (Å²) in [6, 6.07) is 7.22. The number of pyridine rings is 1. The number of methoxy groups -OCH3 is 1. The second-order valence-corrected chi connectivity index (χ2v) is 3.45. The molecule has 15 heavy (non-hydrogen) atoms. The molecule has 1 heterocycles. The van der Waals surface area contributed by atoms with E-state index in [9.17, 15) is 0 Å². The van der Waals surface area contributed by atoms with Crippen LogP contribution >= 0.6 is 11.6 Å². The first kappa shape index (κ1) is 9.75. The quantitative estimate of drug-likeness (QED) is 0.740. The molecule has 4 heteroatoms. The molecule has 0 atom stereocenters. The number of aromatic nitrogens is 1. The highest BCUT2D eigenvalue weighted by Gasteiger charge is 2.05. The summed E-state index contributed by atoms with van der Waals surface area (Å²) >= 11 is 5.91. The zero-order valence-electron chi connectivity index (χ0n) is 7.99. The van der Waals surface area contributed by atoms with Crippen LogP contribution in [0.3, 0.4) is 0 Å². The van der Waals surface area contributed by atoms with Gasteiger partial charge < -0.3 is 4.74 Å². The highest BCUT2D eigenvalue weighted by atomic mass is 35.5. The molecule has 2 aromatic rings. The van der Waals surface area contributed by atoms with Gasteiger partial charge in [0.15, 0.2) is 0 Å². The molecule has 0 fully saturated rings. The van der Waals surface area contributed by atoms with Crippen molar-refractivity contribution in [3.8, 4) is 11.8 Å². The second kappa shape index (κ2) is 3.76. The lowest BCUT2D eigenvalue weighted by atomic mass is 10.1. The number of hydrogen-bond acceptors (Lipinski definition) is 3. The maximum absolute atomic E-state index is 8.74. The molecule has 0 bridgehead atoms. The van der Waals surface area contributed by atoms with Crippen LogP contribution in [-0.2, 0) is 0 Å². The van der Waals surface area contributed by atoms with Gasteiger partial charge in [0, 0.05) is 22.7 Å². The third kappa shape index (κ3) is 1.72. The normalized spacial score (nSPS) is 9.93. The maximum atomic E-state index is 8.74. The summed E-state index contributed by atoms with van der Waals surface area (Å²) in [5.74, 6) is 0.613. The Balaban J connectivity index is 2.79. The molecule has 0 N–H and O–H groups in total. The lowest BCUT2D eigenvalue weighted by Crippen LogP contribution is -1.89. The van der Waals surface area contributed by atoms with Crippen molar-refractivity contribution in [3.05, 3.63) is 35.0 Å². The van der Waals surface area contributed by atoms with Gasteiger partial charge >= 0.3 is 0 Å². The molecule has 2 rings (SSSR count). The summed E-state index contributed by atoms with van der Waals surface area (Å²) in [6.45, 7) is 0. The fourth-order valence-corrected chi connectivity index (χ4v) is 1.61. The number of ether oxygens (including phenoxy) is 1. The van der Waals surface area contributed by atoms with Crippen LogP contribution in [-0.4, -0.2) is 12.1 Å². The molecule has 0 radical (unpaired) electrons. The Labute approximate surface area is 91.9 Å². The van der Waals surface area contributed by atoms with Crippen molar-refractivity contribution in [1.29, 1.82) is 5.26 Å². The summed E-state index contributed by atoms with van der Waals surface area (Å²) in [7, 11) is 1.56. The molecule has 0 unspecified atom stereocenters. The first-order valence-electron chi connectivity index (χ1n) is 4.28. The summed E-state index contributed by atoms with van der Waals surface area (Å²) in [5.41, 5.74) is 1.22. The Bertz CT molecular complexity index is 560. The number of rotatable bonds is 1. The number of benzene rings is 1. The number of nitrogens with zero attached hydrogens (tertiary/aromatic N) is 2. The molecule has 0 aliphatic carbocycles. The Kier molecular flexibility index (Phi) is 2.44. The number of nitriles is 1. The van der Waals surface area contributed by atoms with E-state index in [1.54, 1.807) is 25.3 Å². The van der Waals surface area contributed by atoms with E-state index in [2.05, 4.69) is 4.98 Å². The van der Waals surface area contributed by atoms with Gasteiger partial charge in [0.1, 0.15) is 17.3 Å². The standard InChI is InChI=1S/C11H7ClN2O/c1-15-10-4-9(12)3-8-2-7(5-13)6-14-11(8)10/h2-4,6H,1H3. The fourth-order valence-electron chi connectivity index (χ4n) is 1.40. The van der Waals surface area contributed by atoms with E-state index < -0.39 is 0 Å². The van der Waals surface area contributed by atoms with Crippen molar-refractivity contribution in [2.75, 3.05) is 7.11 Å². The van der Waals surface area contributed by atoms with E-state index in [0.29, 0.717) is 21.9 Å². The lowest BCUT2D eigenvalue weighted by molar-refractivity contribution is 0.419. The molecular weight excluding hydrogens is 212 g/mol. The minimum Gasteiger partial charge on any atom is -0.494 e. The topological polar surface area (TPSA) is 45.9 Å². The Morgan fingerprint density at radius 3 is 2.87 bits per heavy atom. The van der Waals surface area contributed by atoms with Crippen molar-refractivity contribution in [3.63, 3.8) is 0 Å². The smallest absolute Gasteiger partial charge is 0.146 e. The number of fused-ring (bicyclic) bond motifs is 1. The van der Waals surface area contributed by atoms with Gasteiger partial charge in [0.2, 0.25) is 0 Å². The zero-order chi connectivity index (χ0) is 10.8. The van der Waals surface area contributed by atoms with Crippen LogP contribution in [0, 0.1) is 11.3 Å². The summed E-state index contributed by atoms with van der Waals surface area (Å²) in [6.07, 6.45) is 1.51. The predicted octanol–water partition coefficient (Wildman–Crippen LogP) is 2.77. The van der Waals surface area contributed by atoms with Gasteiger partial charge in [0.25, 0.3) is 0 Å². The number of halogens is 1. The Morgan fingerprint density at radius 1 is 1.40 bits per heavy atom. The van der Waals surface area contributed by atoms with E-state index in [1.807, 2.05) is 6.07 Å². The van der Waals surface area contributed by atoms with Crippen LogP contribution in [0.1, 0.15) is 5.56 Å². The average molecular weight is 219 g/mol. The van der Waals surface area contributed by atoms with Gasteiger partial charge in [-0.1, -0.05) is 11.6 Å². The Morgan fingerprint density at radius 2 is 2.20 bits per heavy atom. The molecule has 1 aromatic heterocycles. The molecule has 0 spiro atoms. The molecule has 0 aliphatic rings. The van der Waals surface area contributed by atoms with Crippen molar-refractivity contribution in [1.82, 2.24) is 4.98 Å². The van der Waals surface area contributed by atoms with E-state index in [-0.39, 0.29) is 0 Å². The van der Waals surface area contributed by atoms with Crippen molar-refractivity contribution in [2.24, 2.45) is 0 Å². The second-order valence-electron chi connectivity index (χ2n) is 3.02. The van der Waals surface area contributed by atoms with Crippen LogP contribution in [0.15, 0.2) is 24.4 Å². The monoisotopic (exact) mass is 218 g/mol. The van der Waals surface area contributed by atoms with Crippen LogP contribution in [0.4, 0.5) is 0 Å². The van der Waals surface area contributed by atoms with Gasteiger partial charge in [-0.3, -0.25) is 4.98 Å². The SMILES string of the molecule is COc1cc(Cl)cc2cc(C#N)cnc12. The van der Waals surface area contributed by atoms with Crippen molar-refractivity contribution >= 4 is 22.5 Å². The fraction of sp³-hybridized carbons (Fsp3) is 0.0909.